The van der Waals surface area contributed by atoms with Crippen molar-refractivity contribution in [2.45, 2.75) is 43.8 Å². The maximum absolute atomic E-state index is 14.5. The first-order chi connectivity index (χ1) is 21.1. The fourth-order valence-corrected chi connectivity index (χ4v) is 6.41. The number of benzene rings is 4. The van der Waals surface area contributed by atoms with E-state index in [0.29, 0.717) is 0 Å². The van der Waals surface area contributed by atoms with E-state index < -0.39 is 28.5 Å². The van der Waals surface area contributed by atoms with E-state index in [4.69, 9.17) is 16.3 Å². The number of ether oxygens (including phenoxy) is 1. The van der Waals surface area contributed by atoms with Crippen molar-refractivity contribution >= 4 is 39.1 Å². The molecule has 4 aromatic rings. The molecule has 0 fully saturated rings. The monoisotopic (exact) mass is 633 g/mol. The van der Waals surface area contributed by atoms with Crippen LogP contribution < -0.4 is 14.4 Å². The highest BCUT2D eigenvalue weighted by Crippen LogP contribution is 2.35. The highest BCUT2D eigenvalue weighted by Gasteiger charge is 2.35. The van der Waals surface area contributed by atoms with E-state index in [-0.39, 0.29) is 46.3 Å². The van der Waals surface area contributed by atoms with Crippen LogP contribution in [0.4, 0.5) is 5.69 Å². The summed E-state index contributed by atoms with van der Waals surface area (Å²) in [5.41, 5.74) is 1.74. The molecule has 0 bridgehead atoms. The highest BCUT2D eigenvalue weighted by atomic mass is 35.5. The van der Waals surface area contributed by atoms with Gasteiger partial charge in [0, 0.05) is 24.0 Å². The normalized spacial score (nSPS) is 11.9. The van der Waals surface area contributed by atoms with E-state index in [0.717, 1.165) is 15.4 Å². The fraction of sp³-hybridized carbons (Fsp3) is 0.235. The summed E-state index contributed by atoms with van der Waals surface area (Å²) in [6.07, 6.45) is 0.226. The number of nitrogens with zero attached hydrogens (tertiary/aromatic N) is 2. The molecule has 0 unspecified atom stereocenters. The molecule has 0 spiro atoms. The van der Waals surface area contributed by atoms with Gasteiger partial charge in [-0.1, -0.05) is 90.5 Å². The Balaban J connectivity index is 1.83. The van der Waals surface area contributed by atoms with Crippen molar-refractivity contribution in [2.75, 3.05) is 18.0 Å². The molecule has 10 heteroatoms. The van der Waals surface area contributed by atoms with Crippen LogP contribution in [0.1, 0.15) is 25.0 Å². The summed E-state index contributed by atoms with van der Waals surface area (Å²) in [6.45, 7) is 3.16. The maximum atomic E-state index is 14.5. The van der Waals surface area contributed by atoms with Gasteiger partial charge in [0.1, 0.15) is 18.3 Å². The number of sulfonamides is 1. The van der Waals surface area contributed by atoms with Gasteiger partial charge in [0.05, 0.1) is 17.7 Å². The summed E-state index contributed by atoms with van der Waals surface area (Å²) < 4.78 is 34.8. The van der Waals surface area contributed by atoms with Gasteiger partial charge in [-0.15, -0.1) is 0 Å². The highest BCUT2D eigenvalue weighted by molar-refractivity contribution is 7.92. The summed E-state index contributed by atoms with van der Waals surface area (Å²) in [5.74, 6) is -0.698. The van der Waals surface area contributed by atoms with Crippen molar-refractivity contribution in [2.24, 2.45) is 0 Å². The lowest BCUT2D eigenvalue weighted by molar-refractivity contribution is -0.140. The number of hydrogen-bond acceptors (Lipinski definition) is 5. The second-order valence-electron chi connectivity index (χ2n) is 10.5. The first-order valence-corrected chi connectivity index (χ1v) is 16.0. The minimum atomic E-state index is -4.28. The van der Waals surface area contributed by atoms with Crippen LogP contribution in [0, 0.1) is 0 Å². The number of rotatable bonds is 13. The molecular weight excluding hydrogens is 598 g/mol. The summed E-state index contributed by atoms with van der Waals surface area (Å²) in [7, 11) is -2.87. The van der Waals surface area contributed by atoms with Crippen LogP contribution in [0.2, 0.25) is 5.02 Å². The summed E-state index contributed by atoms with van der Waals surface area (Å²) >= 11 is 6.33. The van der Waals surface area contributed by atoms with E-state index in [1.54, 1.807) is 30.3 Å². The molecule has 8 nitrogen and oxygen atoms in total. The van der Waals surface area contributed by atoms with Gasteiger partial charge in [-0.25, -0.2) is 8.42 Å². The molecule has 4 aromatic carbocycles. The predicted octanol–water partition coefficient (Wildman–Crippen LogP) is 5.71. The third kappa shape index (κ3) is 8.18. The second kappa shape index (κ2) is 14.9. The van der Waals surface area contributed by atoms with Crippen LogP contribution in [-0.2, 0) is 32.6 Å². The zero-order chi connectivity index (χ0) is 31.7. The topological polar surface area (TPSA) is 96.0 Å². The zero-order valence-electron chi connectivity index (χ0n) is 24.9. The van der Waals surface area contributed by atoms with Crippen LogP contribution in [0.5, 0.6) is 5.75 Å². The minimum Gasteiger partial charge on any atom is -0.495 e. The minimum absolute atomic E-state index is 0.0113. The quantitative estimate of drug-likeness (QED) is 0.204. The van der Waals surface area contributed by atoms with Crippen molar-refractivity contribution in [3.63, 3.8) is 0 Å². The van der Waals surface area contributed by atoms with Crippen LogP contribution in [0.3, 0.4) is 0 Å². The predicted molar refractivity (Wildman–Crippen MR) is 173 cm³/mol. The Morgan fingerprint density at radius 3 is 1.98 bits per heavy atom. The molecule has 0 aliphatic carbocycles. The number of hydrogen-bond donors (Lipinski definition) is 1. The van der Waals surface area contributed by atoms with Gasteiger partial charge < -0.3 is 15.0 Å². The molecule has 0 aliphatic rings. The van der Waals surface area contributed by atoms with E-state index in [1.807, 2.05) is 74.5 Å². The Bertz CT molecular complexity index is 1650. The molecule has 44 heavy (non-hydrogen) atoms. The zero-order valence-corrected chi connectivity index (χ0v) is 26.5. The molecule has 1 atom stereocenters. The van der Waals surface area contributed by atoms with Gasteiger partial charge in [0.25, 0.3) is 10.0 Å². The fourth-order valence-electron chi connectivity index (χ4n) is 4.81. The smallest absolute Gasteiger partial charge is 0.264 e. The van der Waals surface area contributed by atoms with Crippen LogP contribution in [-0.4, -0.2) is 50.9 Å². The SMILES string of the molecule is COc1ccc(Cl)cc1N(CC(=O)N(Cc1ccccc1)[C@@H](Cc1ccccc1)C(=O)NC(C)C)S(=O)(=O)c1ccccc1. The Kier molecular flexibility index (Phi) is 11.0. The first-order valence-electron chi connectivity index (χ1n) is 14.2. The number of carbonyl (C=O) groups excluding carboxylic acids is 2. The lowest BCUT2D eigenvalue weighted by Gasteiger charge is -2.34. The van der Waals surface area contributed by atoms with Crippen molar-refractivity contribution in [1.82, 2.24) is 10.2 Å². The lowest BCUT2D eigenvalue weighted by atomic mass is 10.0. The van der Waals surface area contributed by atoms with Crippen molar-refractivity contribution in [1.29, 1.82) is 0 Å². The Morgan fingerprint density at radius 2 is 1.41 bits per heavy atom. The summed E-state index contributed by atoms with van der Waals surface area (Å²) in [4.78, 5) is 29.7. The maximum Gasteiger partial charge on any atom is 0.264 e. The van der Waals surface area contributed by atoms with Crippen molar-refractivity contribution in [3.05, 3.63) is 125 Å². The van der Waals surface area contributed by atoms with Crippen LogP contribution in [0.25, 0.3) is 0 Å². The third-order valence-corrected chi connectivity index (χ3v) is 8.93. The van der Waals surface area contributed by atoms with Crippen molar-refractivity contribution < 1.29 is 22.7 Å². The van der Waals surface area contributed by atoms with E-state index in [1.165, 1.54) is 30.2 Å². The average Bonchev–Trinajstić information content (AvgIpc) is 3.02. The molecule has 0 heterocycles. The molecule has 0 radical (unpaired) electrons. The van der Waals surface area contributed by atoms with Gasteiger partial charge in [-0.05, 0) is 55.3 Å². The van der Waals surface area contributed by atoms with E-state index in [9.17, 15) is 18.0 Å². The van der Waals surface area contributed by atoms with Gasteiger partial charge >= 0.3 is 0 Å². The molecule has 0 aliphatic heterocycles. The van der Waals surface area contributed by atoms with Gasteiger partial charge in [0.15, 0.2) is 0 Å². The van der Waals surface area contributed by atoms with Gasteiger partial charge in [0.2, 0.25) is 11.8 Å². The number of nitrogens with one attached hydrogen (secondary N) is 1. The van der Waals surface area contributed by atoms with E-state index >= 15 is 0 Å². The van der Waals surface area contributed by atoms with Crippen LogP contribution >= 0.6 is 11.6 Å². The Labute approximate surface area is 264 Å². The Hall–Kier alpha value is -4.34. The van der Waals surface area contributed by atoms with Crippen molar-refractivity contribution in [3.8, 4) is 5.75 Å². The van der Waals surface area contributed by atoms with E-state index in [2.05, 4.69) is 5.32 Å². The number of amides is 2. The molecule has 0 aromatic heterocycles. The number of methoxy groups -OCH3 is 1. The molecule has 230 valence electrons. The molecule has 4 rings (SSSR count). The third-order valence-electron chi connectivity index (χ3n) is 6.92. The average molecular weight is 634 g/mol. The van der Waals surface area contributed by atoms with Gasteiger partial charge in [-0.3, -0.25) is 13.9 Å². The molecule has 0 saturated heterocycles. The lowest BCUT2D eigenvalue weighted by Crippen LogP contribution is -2.54. The first kappa shape index (κ1) is 32.6. The van der Waals surface area contributed by atoms with Gasteiger partial charge in [-0.2, -0.15) is 0 Å². The number of carbonyl (C=O) groups is 2. The Morgan fingerprint density at radius 1 is 0.841 bits per heavy atom. The number of anilines is 1. The number of halogens is 1. The summed E-state index contributed by atoms with van der Waals surface area (Å²) in [5, 5.41) is 3.21. The van der Waals surface area contributed by atoms with Crippen LogP contribution in [0.15, 0.2) is 114 Å². The molecular formula is C34H36ClN3O5S. The second-order valence-corrected chi connectivity index (χ2v) is 12.8. The summed E-state index contributed by atoms with van der Waals surface area (Å²) in [6, 6.07) is 30.0. The molecule has 1 N–H and O–H groups in total. The molecule has 0 saturated carbocycles. The standard InChI is InChI=1S/C34H36ClN3O5S/c1-25(2)36-34(40)31(21-26-13-7-4-8-14-26)37(23-27-15-9-5-10-16-27)33(39)24-38(30-22-28(35)19-20-32(30)43-3)44(41,42)29-17-11-6-12-18-29/h4-20,22,25,31H,21,23-24H2,1-3H3,(H,36,40)/t31-/m0/s1. The largest absolute Gasteiger partial charge is 0.495 e. The molecule has 2 amide bonds.